The minimum absolute atomic E-state index is 0.0357. The van der Waals surface area contributed by atoms with Gasteiger partial charge in [0.25, 0.3) is 11.8 Å². The smallest absolute Gasteiger partial charge is 0.277 e. The van der Waals surface area contributed by atoms with E-state index >= 15 is 0 Å². The van der Waals surface area contributed by atoms with Crippen LogP contribution in [0.25, 0.3) is 5.69 Å². The molecule has 36 heavy (non-hydrogen) atoms. The molecule has 1 aromatic heterocycles. The number of carbonyl (C=O) groups excluding carboxylic acids is 3. The predicted octanol–water partition coefficient (Wildman–Crippen LogP) is 4.11. The van der Waals surface area contributed by atoms with Crippen molar-refractivity contribution in [1.29, 1.82) is 0 Å². The summed E-state index contributed by atoms with van der Waals surface area (Å²) >= 11 is 0. The quantitative estimate of drug-likeness (QED) is 0.459. The summed E-state index contributed by atoms with van der Waals surface area (Å²) < 4.78 is 6.66. The lowest BCUT2D eigenvalue weighted by Crippen LogP contribution is -2.33. The fourth-order valence-electron chi connectivity index (χ4n) is 4.13. The van der Waals surface area contributed by atoms with Crippen molar-refractivity contribution in [2.45, 2.75) is 40.5 Å². The van der Waals surface area contributed by atoms with E-state index < -0.39 is 5.91 Å². The number of aromatic nitrogens is 2. The Labute approximate surface area is 211 Å². The van der Waals surface area contributed by atoms with Crippen LogP contribution >= 0.6 is 0 Å². The number of hydrogen-bond donors (Lipinski definition) is 1. The van der Waals surface area contributed by atoms with E-state index in [1.807, 2.05) is 45.0 Å². The maximum atomic E-state index is 13.8. The molecule has 0 aliphatic carbocycles. The number of benzene rings is 2. The molecule has 0 bridgehead atoms. The van der Waals surface area contributed by atoms with Crippen LogP contribution in [-0.4, -0.2) is 47.7 Å². The van der Waals surface area contributed by atoms with E-state index in [4.69, 9.17) is 10.5 Å². The van der Waals surface area contributed by atoms with Crippen molar-refractivity contribution in [1.82, 2.24) is 9.78 Å². The number of nitrogens with zero attached hydrogens (tertiary/aromatic N) is 4. The summed E-state index contributed by atoms with van der Waals surface area (Å²) in [4.78, 5) is 41.7. The number of anilines is 2. The molecule has 0 aliphatic rings. The number of carbonyl (C=O) groups is 3. The highest BCUT2D eigenvalue weighted by Crippen LogP contribution is 2.26. The molecule has 0 fully saturated rings. The van der Waals surface area contributed by atoms with E-state index in [0.29, 0.717) is 42.2 Å². The SMILES string of the molecule is CCCC(=O)N(CC)c1ccc(N(CC)C(=O)c2c(C)c(C(N)=O)nn2-c2ccc(OC)cc2)cc1. The number of ether oxygens (including phenoxy) is 1. The molecule has 0 saturated carbocycles. The second kappa shape index (κ2) is 11.5. The fourth-order valence-corrected chi connectivity index (χ4v) is 4.13. The van der Waals surface area contributed by atoms with Crippen molar-refractivity contribution in [2.75, 3.05) is 30.0 Å². The highest BCUT2D eigenvalue weighted by Gasteiger charge is 2.28. The maximum Gasteiger partial charge on any atom is 0.277 e. The normalized spacial score (nSPS) is 10.7. The summed E-state index contributed by atoms with van der Waals surface area (Å²) in [6, 6.07) is 14.3. The largest absolute Gasteiger partial charge is 0.497 e. The molecule has 1 heterocycles. The monoisotopic (exact) mass is 491 g/mol. The number of primary amides is 1. The summed E-state index contributed by atoms with van der Waals surface area (Å²) in [6.07, 6.45) is 1.26. The van der Waals surface area contributed by atoms with Gasteiger partial charge in [0.15, 0.2) is 5.69 Å². The molecule has 0 atom stereocenters. The van der Waals surface area contributed by atoms with E-state index in [0.717, 1.165) is 12.1 Å². The molecule has 2 aromatic carbocycles. The molecule has 0 aliphatic heterocycles. The maximum absolute atomic E-state index is 13.8. The zero-order chi connectivity index (χ0) is 26.4. The summed E-state index contributed by atoms with van der Waals surface area (Å²) in [5, 5.41) is 4.36. The second-order valence-corrected chi connectivity index (χ2v) is 8.25. The van der Waals surface area contributed by atoms with Crippen molar-refractivity contribution in [3.63, 3.8) is 0 Å². The minimum atomic E-state index is -0.711. The predicted molar refractivity (Wildman–Crippen MR) is 140 cm³/mol. The Kier molecular flexibility index (Phi) is 8.47. The topological polar surface area (TPSA) is 111 Å². The van der Waals surface area contributed by atoms with Crippen LogP contribution in [-0.2, 0) is 4.79 Å². The molecule has 0 unspecified atom stereocenters. The van der Waals surface area contributed by atoms with E-state index in [2.05, 4.69) is 5.10 Å². The number of nitrogens with two attached hydrogens (primary N) is 1. The third-order valence-corrected chi connectivity index (χ3v) is 5.99. The highest BCUT2D eigenvalue weighted by molar-refractivity contribution is 6.08. The lowest BCUT2D eigenvalue weighted by atomic mass is 10.1. The van der Waals surface area contributed by atoms with Crippen LogP contribution in [0.15, 0.2) is 48.5 Å². The minimum Gasteiger partial charge on any atom is -0.497 e. The van der Waals surface area contributed by atoms with E-state index in [1.165, 1.54) is 4.68 Å². The van der Waals surface area contributed by atoms with Crippen molar-refractivity contribution in [3.8, 4) is 11.4 Å². The molecule has 3 amide bonds. The van der Waals surface area contributed by atoms with Gasteiger partial charge in [-0.25, -0.2) is 4.68 Å². The van der Waals surface area contributed by atoms with Gasteiger partial charge in [-0.2, -0.15) is 5.10 Å². The first kappa shape index (κ1) is 26.5. The molecule has 3 aromatic rings. The molecule has 9 heteroatoms. The Bertz CT molecular complexity index is 1230. The van der Waals surface area contributed by atoms with Gasteiger partial charge in [0.2, 0.25) is 5.91 Å². The Hall–Kier alpha value is -4.14. The first-order valence-electron chi connectivity index (χ1n) is 12.0. The van der Waals surface area contributed by atoms with Gasteiger partial charge in [0.1, 0.15) is 11.4 Å². The van der Waals surface area contributed by atoms with Gasteiger partial charge in [-0.3, -0.25) is 14.4 Å². The average molecular weight is 492 g/mol. The molecular weight excluding hydrogens is 458 g/mol. The van der Waals surface area contributed by atoms with Gasteiger partial charge < -0.3 is 20.3 Å². The van der Waals surface area contributed by atoms with Gasteiger partial charge in [-0.1, -0.05) is 6.92 Å². The second-order valence-electron chi connectivity index (χ2n) is 8.25. The van der Waals surface area contributed by atoms with Crippen LogP contribution in [0.1, 0.15) is 60.2 Å². The van der Waals surface area contributed by atoms with E-state index in [1.54, 1.807) is 48.1 Å². The molecule has 9 nitrogen and oxygen atoms in total. The fraction of sp³-hybridized carbons (Fsp3) is 0.333. The molecule has 2 N–H and O–H groups in total. The van der Waals surface area contributed by atoms with Gasteiger partial charge in [-0.05, 0) is 75.7 Å². The van der Waals surface area contributed by atoms with Crippen molar-refractivity contribution in [3.05, 3.63) is 65.5 Å². The molecule has 3 rings (SSSR count). The first-order valence-corrected chi connectivity index (χ1v) is 12.0. The van der Waals surface area contributed by atoms with Gasteiger partial charge >= 0.3 is 0 Å². The van der Waals surface area contributed by atoms with E-state index in [-0.39, 0.29) is 23.2 Å². The van der Waals surface area contributed by atoms with E-state index in [9.17, 15) is 14.4 Å². The van der Waals surface area contributed by atoms with Gasteiger partial charge in [-0.15, -0.1) is 0 Å². The highest BCUT2D eigenvalue weighted by atomic mass is 16.5. The Morgan fingerprint density at radius 1 is 0.917 bits per heavy atom. The number of hydrogen-bond acceptors (Lipinski definition) is 5. The molecular formula is C27H33N5O4. The third-order valence-electron chi connectivity index (χ3n) is 5.99. The molecule has 190 valence electrons. The number of amides is 3. The first-order chi connectivity index (χ1) is 17.3. The van der Waals surface area contributed by atoms with Crippen molar-refractivity contribution < 1.29 is 19.1 Å². The summed E-state index contributed by atoms with van der Waals surface area (Å²) in [5.74, 6) is -0.320. The molecule has 0 spiro atoms. The Morgan fingerprint density at radius 3 is 1.94 bits per heavy atom. The summed E-state index contributed by atoms with van der Waals surface area (Å²) in [5.41, 5.74) is 8.26. The average Bonchev–Trinajstić information content (AvgIpc) is 3.23. The number of methoxy groups -OCH3 is 1. The van der Waals surface area contributed by atoms with Crippen LogP contribution in [0.4, 0.5) is 11.4 Å². The molecule has 0 saturated heterocycles. The van der Waals surface area contributed by atoms with Crippen LogP contribution in [0.3, 0.4) is 0 Å². The third kappa shape index (κ3) is 5.25. The standard InChI is InChI=1S/C27H33N5O4/c1-6-9-23(33)30(7-2)19-10-12-20(13-11-19)31(8-3)27(35)25-18(4)24(26(28)34)29-32(25)21-14-16-22(36-5)17-15-21/h10-17H,6-9H2,1-5H3,(H2,28,34). The zero-order valence-electron chi connectivity index (χ0n) is 21.4. The lowest BCUT2D eigenvalue weighted by Gasteiger charge is -2.24. The Morgan fingerprint density at radius 2 is 1.47 bits per heavy atom. The van der Waals surface area contributed by atoms with Crippen LogP contribution in [0, 0.1) is 6.92 Å². The van der Waals surface area contributed by atoms with Crippen LogP contribution in [0.5, 0.6) is 5.75 Å². The van der Waals surface area contributed by atoms with Gasteiger partial charge in [0, 0.05) is 36.4 Å². The van der Waals surface area contributed by atoms with Crippen molar-refractivity contribution >= 4 is 29.1 Å². The summed E-state index contributed by atoms with van der Waals surface area (Å²) in [7, 11) is 1.57. The zero-order valence-corrected chi connectivity index (χ0v) is 21.4. The number of rotatable bonds is 10. The lowest BCUT2D eigenvalue weighted by molar-refractivity contribution is -0.118. The van der Waals surface area contributed by atoms with Crippen LogP contribution in [0.2, 0.25) is 0 Å². The Balaban J connectivity index is 2.02. The summed E-state index contributed by atoms with van der Waals surface area (Å²) in [6.45, 7) is 8.38. The van der Waals surface area contributed by atoms with Crippen molar-refractivity contribution in [2.24, 2.45) is 5.73 Å². The molecule has 0 radical (unpaired) electrons. The van der Waals surface area contributed by atoms with Crippen LogP contribution < -0.4 is 20.3 Å². The van der Waals surface area contributed by atoms with Gasteiger partial charge in [0.05, 0.1) is 12.8 Å².